The maximum absolute atomic E-state index is 13.0. The molecular weight excluding hydrogens is 438 g/mol. The topological polar surface area (TPSA) is 56.6 Å². The minimum atomic E-state index is 0.0160. The second-order valence-electron chi connectivity index (χ2n) is 8.89. The molecule has 6 heteroatoms. The summed E-state index contributed by atoms with van der Waals surface area (Å²) in [5.41, 5.74) is 4.17. The summed E-state index contributed by atoms with van der Waals surface area (Å²) in [6, 6.07) is 24.2. The summed E-state index contributed by atoms with van der Waals surface area (Å²) in [4.78, 5) is 19.8. The smallest absolute Gasteiger partial charge is 0.227 e. The van der Waals surface area contributed by atoms with Crippen LogP contribution in [0.25, 0.3) is 11.0 Å². The minimum Gasteiger partial charge on any atom is -0.495 e. The van der Waals surface area contributed by atoms with E-state index in [9.17, 15) is 4.79 Å². The predicted octanol–water partition coefficient (Wildman–Crippen LogP) is 5.60. The van der Waals surface area contributed by atoms with Gasteiger partial charge >= 0.3 is 0 Å². The van der Waals surface area contributed by atoms with E-state index >= 15 is 0 Å². The number of aryl methyl sites for hydroxylation is 2. The average Bonchev–Trinajstić information content (AvgIpc) is 3.47. The molecule has 0 spiro atoms. The van der Waals surface area contributed by atoms with Crippen LogP contribution < -0.4 is 14.4 Å². The lowest BCUT2D eigenvalue weighted by molar-refractivity contribution is -0.117. The molecule has 1 amide bonds. The van der Waals surface area contributed by atoms with Gasteiger partial charge in [0.15, 0.2) is 0 Å². The van der Waals surface area contributed by atoms with Crippen LogP contribution in [-0.4, -0.2) is 35.7 Å². The first-order valence-corrected chi connectivity index (χ1v) is 12.3. The number of ether oxygens (including phenoxy) is 2. The molecule has 1 aromatic heterocycles. The van der Waals surface area contributed by atoms with Crippen LogP contribution >= 0.6 is 0 Å². The first-order valence-electron chi connectivity index (χ1n) is 12.3. The van der Waals surface area contributed by atoms with Gasteiger partial charge in [0.2, 0.25) is 5.91 Å². The molecule has 3 aromatic carbocycles. The van der Waals surface area contributed by atoms with Crippen molar-refractivity contribution in [1.82, 2.24) is 9.55 Å². The predicted molar refractivity (Wildman–Crippen MR) is 138 cm³/mol. The Bertz CT molecular complexity index is 1310. The Kier molecular flexibility index (Phi) is 6.70. The maximum Gasteiger partial charge on any atom is 0.227 e. The zero-order valence-corrected chi connectivity index (χ0v) is 20.3. The molecule has 4 aromatic rings. The van der Waals surface area contributed by atoms with Crippen LogP contribution in [0.5, 0.6) is 11.5 Å². The first-order chi connectivity index (χ1) is 17.2. The molecule has 1 aliphatic rings. The van der Waals surface area contributed by atoms with Crippen molar-refractivity contribution in [2.45, 2.75) is 38.6 Å². The van der Waals surface area contributed by atoms with E-state index in [2.05, 4.69) is 29.7 Å². The number of fused-ring (bicyclic) bond motifs is 1. The van der Waals surface area contributed by atoms with Gasteiger partial charge in [0.1, 0.15) is 17.3 Å². The number of aromatic nitrogens is 2. The fraction of sp³-hybridized carbons (Fsp3) is 0.310. The fourth-order valence-corrected chi connectivity index (χ4v) is 4.84. The van der Waals surface area contributed by atoms with Crippen molar-refractivity contribution in [2.24, 2.45) is 0 Å². The van der Waals surface area contributed by atoms with E-state index in [-0.39, 0.29) is 11.8 Å². The molecule has 1 aliphatic heterocycles. The molecule has 0 saturated carbocycles. The number of imidazole rings is 1. The van der Waals surface area contributed by atoms with Gasteiger partial charge in [-0.3, -0.25) is 4.79 Å². The van der Waals surface area contributed by atoms with E-state index in [1.165, 1.54) is 5.56 Å². The average molecular weight is 470 g/mol. The number of hydrogen-bond acceptors (Lipinski definition) is 4. The fourth-order valence-electron chi connectivity index (χ4n) is 4.84. The number of rotatable bonds is 9. The third-order valence-electron chi connectivity index (χ3n) is 6.68. The molecule has 1 fully saturated rings. The molecule has 35 heavy (non-hydrogen) atoms. The van der Waals surface area contributed by atoms with Gasteiger partial charge < -0.3 is 18.9 Å². The van der Waals surface area contributed by atoms with Gasteiger partial charge in [-0.15, -0.1) is 0 Å². The molecule has 5 rings (SSSR count). The maximum atomic E-state index is 13.0. The Hall–Kier alpha value is -3.80. The van der Waals surface area contributed by atoms with E-state index in [1.807, 2.05) is 59.5 Å². The Morgan fingerprint density at radius 1 is 1.00 bits per heavy atom. The molecule has 6 nitrogen and oxygen atoms in total. The molecule has 0 aliphatic carbocycles. The van der Waals surface area contributed by atoms with Crippen molar-refractivity contribution in [3.8, 4) is 11.5 Å². The second kappa shape index (κ2) is 10.2. The number of para-hydroxylation sites is 4. The van der Waals surface area contributed by atoms with Gasteiger partial charge in [0.25, 0.3) is 0 Å². The normalized spacial score (nSPS) is 15.7. The Balaban J connectivity index is 1.33. The van der Waals surface area contributed by atoms with Gasteiger partial charge in [-0.25, -0.2) is 4.98 Å². The zero-order chi connectivity index (χ0) is 24.2. The van der Waals surface area contributed by atoms with Crippen LogP contribution in [0.15, 0.2) is 72.8 Å². The summed E-state index contributed by atoms with van der Waals surface area (Å²) in [5.74, 6) is 2.68. The van der Waals surface area contributed by atoms with Crippen molar-refractivity contribution in [3.63, 3.8) is 0 Å². The number of nitrogens with zero attached hydrogens (tertiary/aromatic N) is 3. The number of benzene rings is 3. The van der Waals surface area contributed by atoms with Crippen molar-refractivity contribution in [2.75, 3.05) is 25.2 Å². The lowest BCUT2D eigenvalue weighted by Crippen LogP contribution is -2.25. The Labute approximate surface area is 206 Å². The molecule has 1 atom stereocenters. The minimum absolute atomic E-state index is 0.0160. The van der Waals surface area contributed by atoms with Crippen LogP contribution in [0.1, 0.15) is 37.1 Å². The van der Waals surface area contributed by atoms with Crippen molar-refractivity contribution >= 4 is 22.6 Å². The van der Waals surface area contributed by atoms with Crippen LogP contribution in [0, 0.1) is 0 Å². The summed E-state index contributed by atoms with van der Waals surface area (Å²) in [5, 5.41) is 0. The van der Waals surface area contributed by atoms with E-state index in [0.717, 1.165) is 47.7 Å². The number of carbonyl (C=O) groups is 1. The molecule has 0 unspecified atom stereocenters. The highest BCUT2D eigenvalue weighted by Gasteiger charge is 2.35. The van der Waals surface area contributed by atoms with Crippen molar-refractivity contribution in [3.05, 3.63) is 84.2 Å². The van der Waals surface area contributed by atoms with Crippen molar-refractivity contribution < 1.29 is 14.3 Å². The molecule has 0 bridgehead atoms. The van der Waals surface area contributed by atoms with Gasteiger partial charge in [0.05, 0.1) is 30.4 Å². The summed E-state index contributed by atoms with van der Waals surface area (Å²) in [7, 11) is 1.64. The number of amides is 1. The summed E-state index contributed by atoms with van der Waals surface area (Å²) >= 11 is 0. The third-order valence-corrected chi connectivity index (χ3v) is 6.68. The highest BCUT2D eigenvalue weighted by Crippen LogP contribution is 2.37. The summed E-state index contributed by atoms with van der Waals surface area (Å²) < 4.78 is 13.8. The Morgan fingerprint density at radius 3 is 2.57 bits per heavy atom. The quantitative estimate of drug-likeness (QED) is 0.300. The molecule has 180 valence electrons. The standard InChI is InChI=1S/C29H31N3O3/c1-3-21-13-15-23(16-14-21)35-18-8-17-31-25-10-5-4-9-24(25)30-29(31)22-19-28(33)32(20-22)26-11-6-7-12-27(26)34-2/h4-7,9-16,22H,3,8,17-20H2,1-2H3/t22-/m0/s1. The van der Waals surface area contributed by atoms with Crippen LogP contribution in [0.2, 0.25) is 0 Å². The number of carbonyl (C=O) groups excluding carboxylic acids is 1. The van der Waals surface area contributed by atoms with Crippen LogP contribution in [0.4, 0.5) is 5.69 Å². The lowest BCUT2D eigenvalue weighted by Gasteiger charge is -2.19. The van der Waals surface area contributed by atoms with Gasteiger partial charge in [-0.05, 0) is 54.8 Å². The largest absolute Gasteiger partial charge is 0.495 e. The molecule has 0 N–H and O–H groups in total. The summed E-state index contributed by atoms with van der Waals surface area (Å²) in [6.45, 7) is 4.13. The third kappa shape index (κ3) is 4.74. The van der Waals surface area contributed by atoms with Crippen molar-refractivity contribution in [1.29, 1.82) is 0 Å². The number of anilines is 1. The lowest BCUT2D eigenvalue weighted by atomic mass is 10.1. The van der Waals surface area contributed by atoms with Crippen LogP contribution in [-0.2, 0) is 17.8 Å². The highest BCUT2D eigenvalue weighted by molar-refractivity contribution is 5.97. The number of methoxy groups -OCH3 is 1. The van der Waals surface area contributed by atoms with E-state index in [0.29, 0.717) is 25.3 Å². The molecule has 1 saturated heterocycles. The van der Waals surface area contributed by atoms with Gasteiger partial charge in [0, 0.05) is 25.4 Å². The van der Waals surface area contributed by atoms with E-state index < -0.39 is 0 Å². The highest BCUT2D eigenvalue weighted by atomic mass is 16.5. The number of hydrogen-bond donors (Lipinski definition) is 0. The first kappa shape index (κ1) is 23.0. The Morgan fingerprint density at radius 2 is 1.77 bits per heavy atom. The van der Waals surface area contributed by atoms with Gasteiger partial charge in [-0.2, -0.15) is 0 Å². The zero-order valence-electron chi connectivity index (χ0n) is 20.3. The summed E-state index contributed by atoms with van der Waals surface area (Å²) in [6.07, 6.45) is 2.30. The SMILES string of the molecule is CCc1ccc(OCCCn2c([C@H]3CC(=O)N(c4ccccc4OC)C3)nc3ccccc32)cc1. The monoisotopic (exact) mass is 469 g/mol. The van der Waals surface area contributed by atoms with Gasteiger partial charge in [-0.1, -0.05) is 43.3 Å². The second-order valence-corrected chi connectivity index (χ2v) is 8.89. The molecule has 0 radical (unpaired) electrons. The van der Waals surface area contributed by atoms with Crippen LogP contribution in [0.3, 0.4) is 0 Å². The molecular formula is C29H31N3O3. The molecule has 2 heterocycles. The van der Waals surface area contributed by atoms with E-state index in [1.54, 1.807) is 7.11 Å². The van der Waals surface area contributed by atoms with E-state index in [4.69, 9.17) is 14.5 Å².